The van der Waals surface area contributed by atoms with Crippen LogP contribution in [0.1, 0.15) is 48.9 Å². The maximum Gasteiger partial charge on any atom is 0.290 e. The van der Waals surface area contributed by atoms with Crippen LogP contribution >= 0.6 is 0 Å². The Balaban J connectivity index is 1.67. The van der Waals surface area contributed by atoms with Crippen LogP contribution in [0.2, 0.25) is 0 Å². The molecule has 6 heteroatoms. The van der Waals surface area contributed by atoms with Gasteiger partial charge in [-0.15, -0.1) is 0 Å². The second kappa shape index (κ2) is 13.5. The summed E-state index contributed by atoms with van der Waals surface area (Å²) in [5, 5.41) is 10.9. The lowest BCUT2D eigenvalue weighted by Crippen LogP contribution is -2.33. The van der Waals surface area contributed by atoms with E-state index in [1.807, 2.05) is 66.7 Å². The lowest BCUT2D eigenvalue weighted by molar-refractivity contribution is -0.129. The Morgan fingerprint density at radius 1 is 0.974 bits per heavy atom. The van der Waals surface area contributed by atoms with Gasteiger partial charge >= 0.3 is 0 Å². The van der Waals surface area contributed by atoms with Gasteiger partial charge in [-0.1, -0.05) is 92.6 Å². The molecule has 3 aromatic rings. The smallest absolute Gasteiger partial charge is 0.290 e. The molecule has 1 heterocycles. The molecule has 202 valence electrons. The highest BCUT2D eigenvalue weighted by Crippen LogP contribution is 2.41. The Bertz CT molecular complexity index is 1330. The molecule has 1 atom stereocenters. The molecule has 1 aliphatic heterocycles. The van der Waals surface area contributed by atoms with Crippen molar-refractivity contribution < 1.29 is 24.2 Å². The molecule has 0 saturated heterocycles. The molecule has 0 fully saturated rings. The first kappa shape index (κ1) is 27.7. The highest BCUT2D eigenvalue weighted by Gasteiger charge is 2.43. The molecule has 0 spiro atoms. The van der Waals surface area contributed by atoms with Crippen LogP contribution in [0.15, 0.2) is 96.3 Å². The minimum absolute atomic E-state index is 0.0545. The number of hydrogen-bond donors (Lipinski definition) is 1. The molecular weight excluding hydrogens is 490 g/mol. The summed E-state index contributed by atoms with van der Waals surface area (Å²) in [6.45, 7) is 3.04. The average molecular weight is 526 g/mol. The fourth-order valence-corrected chi connectivity index (χ4v) is 4.71. The molecule has 0 saturated carbocycles. The second-order valence-corrected chi connectivity index (χ2v) is 9.47. The minimum Gasteiger partial charge on any atom is -0.503 e. The van der Waals surface area contributed by atoms with Gasteiger partial charge in [-0.3, -0.25) is 9.59 Å². The van der Waals surface area contributed by atoms with Gasteiger partial charge in [0.05, 0.1) is 25.3 Å². The Hall–Kier alpha value is -4.32. The highest BCUT2D eigenvalue weighted by atomic mass is 16.5. The molecule has 0 bridgehead atoms. The number of amides is 1. The third-order valence-corrected chi connectivity index (χ3v) is 6.79. The van der Waals surface area contributed by atoms with Crippen LogP contribution in [-0.4, -0.2) is 42.0 Å². The average Bonchev–Trinajstić information content (AvgIpc) is 3.23. The number of carbonyl (C=O) groups excluding carboxylic acids is 2. The fourth-order valence-electron chi connectivity index (χ4n) is 4.71. The van der Waals surface area contributed by atoms with Crippen molar-refractivity contribution >= 4 is 17.8 Å². The maximum absolute atomic E-state index is 13.5. The number of benzene rings is 3. The van der Waals surface area contributed by atoms with Crippen LogP contribution in [0.25, 0.3) is 6.08 Å². The summed E-state index contributed by atoms with van der Waals surface area (Å²) in [6.07, 6.45) is 6.78. The van der Waals surface area contributed by atoms with Crippen molar-refractivity contribution in [2.24, 2.45) is 0 Å². The first-order valence-electron chi connectivity index (χ1n) is 13.4. The number of aliphatic hydroxyl groups is 1. The molecule has 1 amide bonds. The van der Waals surface area contributed by atoms with Gasteiger partial charge in [-0.05, 0) is 47.7 Å². The van der Waals surface area contributed by atoms with E-state index < -0.39 is 23.5 Å². The van der Waals surface area contributed by atoms with Crippen molar-refractivity contribution in [1.29, 1.82) is 0 Å². The van der Waals surface area contributed by atoms with E-state index in [1.165, 1.54) is 6.08 Å². The van der Waals surface area contributed by atoms with E-state index in [4.69, 9.17) is 9.47 Å². The molecule has 1 aliphatic rings. The van der Waals surface area contributed by atoms with E-state index in [0.29, 0.717) is 36.6 Å². The predicted molar refractivity (Wildman–Crippen MR) is 153 cm³/mol. The van der Waals surface area contributed by atoms with Crippen LogP contribution < -0.4 is 9.47 Å². The Morgan fingerprint density at radius 2 is 1.69 bits per heavy atom. The standard InChI is InChI=1S/C33H35NO5/c1-3-4-11-22-39-28-19-17-26(23-29(28)38-2)31-30(27(35)18-16-24-12-7-5-8-13-24)32(36)33(37)34(31)21-20-25-14-9-6-10-15-25/h5-10,12-19,23,31,36H,3-4,11,20-22H2,1-2H3/b18-16+. The fraction of sp³-hybridized carbons (Fsp3) is 0.273. The van der Waals surface area contributed by atoms with E-state index in [-0.39, 0.29) is 5.57 Å². The summed E-state index contributed by atoms with van der Waals surface area (Å²) in [7, 11) is 1.56. The molecule has 1 N–H and O–H groups in total. The number of ketones is 1. The van der Waals surface area contributed by atoms with Crippen molar-refractivity contribution in [3.63, 3.8) is 0 Å². The topological polar surface area (TPSA) is 76.1 Å². The largest absolute Gasteiger partial charge is 0.503 e. The van der Waals surface area contributed by atoms with E-state index >= 15 is 0 Å². The van der Waals surface area contributed by atoms with Crippen LogP contribution in [0.4, 0.5) is 0 Å². The summed E-state index contributed by atoms with van der Waals surface area (Å²) in [5.41, 5.74) is 2.62. The lowest BCUT2D eigenvalue weighted by atomic mass is 9.95. The normalized spacial score (nSPS) is 15.3. The van der Waals surface area contributed by atoms with Gasteiger partial charge in [0.25, 0.3) is 5.91 Å². The maximum atomic E-state index is 13.5. The number of carbonyl (C=O) groups is 2. The number of nitrogens with zero attached hydrogens (tertiary/aromatic N) is 1. The van der Waals surface area contributed by atoms with Gasteiger partial charge in [0, 0.05) is 6.54 Å². The Morgan fingerprint density at radius 3 is 2.38 bits per heavy atom. The summed E-state index contributed by atoms with van der Waals surface area (Å²) >= 11 is 0. The number of rotatable bonds is 13. The highest BCUT2D eigenvalue weighted by molar-refractivity contribution is 6.14. The van der Waals surface area contributed by atoms with E-state index in [9.17, 15) is 14.7 Å². The number of unbranched alkanes of at least 4 members (excludes halogenated alkanes) is 2. The minimum atomic E-state index is -0.767. The molecule has 39 heavy (non-hydrogen) atoms. The van der Waals surface area contributed by atoms with Gasteiger partial charge in [-0.25, -0.2) is 0 Å². The molecule has 6 nitrogen and oxygen atoms in total. The molecule has 0 radical (unpaired) electrons. The second-order valence-electron chi connectivity index (χ2n) is 9.47. The van der Waals surface area contributed by atoms with Gasteiger partial charge in [0.15, 0.2) is 23.0 Å². The summed E-state index contributed by atoms with van der Waals surface area (Å²) in [5.74, 6) is -0.392. The quantitative estimate of drug-likeness (QED) is 0.204. The third kappa shape index (κ3) is 6.77. The zero-order valence-electron chi connectivity index (χ0n) is 22.5. The molecule has 3 aromatic carbocycles. The zero-order valence-corrected chi connectivity index (χ0v) is 22.5. The van der Waals surface area contributed by atoms with E-state index in [0.717, 1.165) is 30.4 Å². The molecular formula is C33H35NO5. The number of allylic oxidation sites excluding steroid dienone is 1. The van der Waals surface area contributed by atoms with Crippen LogP contribution in [0, 0.1) is 0 Å². The van der Waals surface area contributed by atoms with E-state index in [1.54, 1.807) is 30.2 Å². The van der Waals surface area contributed by atoms with Gasteiger partial charge < -0.3 is 19.5 Å². The predicted octanol–water partition coefficient (Wildman–Crippen LogP) is 6.48. The zero-order chi connectivity index (χ0) is 27.6. The van der Waals surface area contributed by atoms with Crippen molar-refractivity contribution in [2.75, 3.05) is 20.3 Å². The first-order chi connectivity index (χ1) is 19.0. The number of methoxy groups -OCH3 is 1. The lowest BCUT2D eigenvalue weighted by Gasteiger charge is -2.27. The molecule has 0 aromatic heterocycles. The number of hydrogen-bond acceptors (Lipinski definition) is 5. The van der Waals surface area contributed by atoms with E-state index in [2.05, 4.69) is 6.92 Å². The van der Waals surface area contributed by atoms with Gasteiger partial charge in [-0.2, -0.15) is 0 Å². The monoisotopic (exact) mass is 525 g/mol. The third-order valence-electron chi connectivity index (χ3n) is 6.79. The van der Waals surface area contributed by atoms with Crippen molar-refractivity contribution in [1.82, 2.24) is 4.90 Å². The van der Waals surface area contributed by atoms with Crippen LogP contribution in [0.3, 0.4) is 0 Å². The molecule has 0 aliphatic carbocycles. The number of ether oxygens (including phenoxy) is 2. The molecule has 1 unspecified atom stereocenters. The molecule has 4 rings (SSSR count). The first-order valence-corrected chi connectivity index (χ1v) is 13.4. The summed E-state index contributed by atoms with van der Waals surface area (Å²) in [6, 6.07) is 23.9. The number of aliphatic hydroxyl groups excluding tert-OH is 1. The summed E-state index contributed by atoms with van der Waals surface area (Å²) < 4.78 is 11.6. The SMILES string of the molecule is CCCCCOc1ccc(C2C(C(=O)/C=C/c3ccccc3)=C(O)C(=O)N2CCc2ccccc2)cc1OC. The van der Waals surface area contributed by atoms with Crippen LogP contribution in [0.5, 0.6) is 11.5 Å². The van der Waals surface area contributed by atoms with Gasteiger partial charge in [0.2, 0.25) is 0 Å². The summed E-state index contributed by atoms with van der Waals surface area (Å²) in [4.78, 5) is 28.3. The van der Waals surface area contributed by atoms with Crippen molar-refractivity contribution in [2.45, 2.75) is 38.6 Å². The van der Waals surface area contributed by atoms with Gasteiger partial charge in [0.1, 0.15) is 0 Å². The Kier molecular flexibility index (Phi) is 9.57. The Labute approximate surface area is 230 Å². The van der Waals surface area contributed by atoms with Crippen molar-refractivity contribution in [3.8, 4) is 11.5 Å². The van der Waals surface area contributed by atoms with Crippen LogP contribution in [-0.2, 0) is 16.0 Å². The van der Waals surface area contributed by atoms with Crippen molar-refractivity contribution in [3.05, 3.63) is 113 Å².